The van der Waals surface area contributed by atoms with Crippen LogP contribution in [-0.4, -0.2) is 37.2 Å². The zero-order valence-corrected chi connectivity index (χ0v) is 11.9. The molecule has 0 spiro atoms. The van der Waals surface area contributed by atoms with Crippen LogP contribution in [0.5, 0.6) is 5.75 Å². The number of ether oxygens (including phenoxy) is 1. The summed E-state index contributed by atoms with van der Waals surface area (Å²) in [6, 6.07) is 5.58. The summed E-state index contributed by atoms with van der Waals surface area (Å²) < 4.78 is 5.36. The summed E-state index contributed by atoms with van der Waals surface area (Å²) in [7, 11) is 1.60. The second kappa shape index (κ2) is 7.69. The molecule has 1 rings (SSSR count). The third-order valence-corrected chi connectivity index (χ3v) is 2.87. The number of rotatable bonds is 7. The van der Waals surface area contributed by atoms with Crippen LogP contribution in [0.15, 0.2) is 24.3 Å². The summed E-state index contributed by atoms with van der Waals surface area (Å²) in [5, 5.41) is 8.61. The first kappa shape index (κ1) is 15.4. The molecule has 0 radical (unpaired) electrons. The van der Waals surface area contributed by atoms with Gasteiger partial charge in [-0.25, -0.2) is 4.79 Å². The fourth-order valence-electron chi connectivity index (χ4n) is 1.78. The molecule has 0 aliphatic rings. The summed E-state index contributed by atoms with van der Waals surface area (Å²) in [6.07, 6.45) is 2.64. The number of methoxy groups -OCH3 is 1. The third kappa shape index (κ3) is 4.48. The van der Waals surface area contributed by atoms with Crippen molar-refractivity contribution in [1.82, 2.24) is 0 Å². The number of alkyl halides is 1. The van der Waals surface area contributed by atoms with Crippen molar-refractivity contribution in [1.29, 1.82) is 0 Å². The van der Waals surface area contributed by atoms with Crippen molar-refractivity contribution in [3.8, 4) is 5.75 Å². The summed E-state index contributed by atoms with van der Waals surface area (Å²) >= 11 is 5.78. The molecule has 0 aromatic heterocycles. The number of anilines is 1. The van der Waals surface area contributed by atoms with Crippen LogP contribution in [0.25, 0.3) is 6.08 Å². The van der Waals surface area contributed by atoms with Crippen molar-refractivity contribution in [3.63, 3.8) is 0 Å². The van der Waals surface area contributed by atoms with Gasteiger partial charge in [-0.15, -0.1) is 11.6 Å². The molecule has 0 saturated heterocycles. The number of benzene rings is 1. The number of hydrogen-bond donors (Lipinski definition) is 1. The average molecular weight is 284 g/mol. The van der Waals surface area contributed by atoms with E-state index in [2.05, 4.69) is 4.90 Å². The van der Waals surface area contributed by atoms with Crippen LogP contribution in [0.3, 0.4) is 0 Å². The zero-order chi connectivity index (χ0) is 14.3. The van der Waals surface area contributed by atoms with Crippen LogP contribution >= 0.6 is 11.6 Å². The molecule has 0 aliphatic heterocycles. The van der Waals surface area contributed by atoms with Gasteiger partial charge in [-0.3, -0.25) is 0 Å². The third-order valence-electron chi connectivity index (χ3n) is 2.70. The molecule has 1 N–H and O–H groups in total. The number of halogens is 1. The Bertz CT molecular complexity index is 460. The van der Waals surface area contributed by atoms with E-state index in [9.17, 15) is 4.79 Å². The minimum Gasteiger partial charge on any atom is -0.495 e. The van der Waals surface area contributed by atoms with Gasteiger partial charge < -0.3 is 14.7 Å². The van der Waals surface area contributed by atoms with E-state index in [-0.39, 0.29) is 0 Å². The van der Waals surface area contributed by atoms with Crippen molar-refractivity contribution in [2.75, 3.05) is 31.0 Å². The number of carbonyl (C=O) groups is 1. The van der Waals surface area contributed by atoms with Gasteiger partial charge in [0.1, 0.15) is 5.75 Å². The highest BCUT2D eigenvalue weighted by molar-refractivity contribution is 6.18. The summed E-state index contributed by atoms with van der Waals surface area (Å²) in [6.45, 7) is 3.61. The molecule has 19 heavy (non-hydrogen) atoms. The van der Waals surface area contributed by atoms with E-state index in [0.29, 0.717) is 11.6 Å². The molecular weight excluding hydrogens is 266 g/mol. The Hall–Kier alpha value is -1.68. The van der Waals surface area contributed by atoms with Crippen LogP contribution in [0.1, 0.15) is 12.5 Å². The highest BCUT2D eigenvalue weighted by Gasteiger charge is 2.10. The van der Waals surface area contributed by atoms with Gasteiger partial charge >= 0.3 is 5.97 Å². The van der Waals surface area contributed by atoms with E-state index in [1.54, 1.807) is 7.11 Å². The number of carboxylic acids is 1. The lowest BCUT2D eigenvalue weighted by Gasteiger charge is -2.24. The first-order valence-corrected chi connectivity index (χ1v) is 6.55. The van der Waals surface area contributed by atoms with Crippen LogP contribution in [-0.2, 0) is 4.79 Å². The predicted molar refractivity (Wildman–Crippen MR) is 78.3 cm³/mol. The number of hydrogen-bond acceptors (Lipinski definition) is 3. The standard InChI is InChI=1S/C14H18ClNO3/c1-3-16(9-8-15)12-6-4-11(5-7-14(17)18)10-13(12)19-2/h4-7,10H,3,8-9H2,1-2H3,(H,17,18). The molecule has 1 aromatic rings. The fourth-order valence-corrected chi connectivity index (χ4v) is 1.98. The van der Waals surface area contributed by atoms with E-state index in [4.69, 9.17) is 21.4 Å². The number of carboxylic acid groups (broad SMARTS) is 1. The lowest BCUT2D eigenvalue weighted by Crippen LogP contribution is -2.25. The first-order valence-electron chi connectivity index (χ1n) is 6.02. The second-order valence-electron chi connectivity index (χ2n) is 3.87. The predicted octanol–water partition coefficient (Wildman–Crippen LogP) is 2.86. The number of aliphatic carboxylic acids is 1. The topological polar surface area (TPSA) is 49.8 Å². The Kier molecular flexibility index (Phi) is 6.22. The Morgan fingerprint density at radius 2 is 2.26 bits per heavy atom. The van der Waals surface area contributed by atoms with E-state index >= 15 is 0 Å². The van der Waals surface area contributed by atoms with Crippen molar-refractivity contribution in [3.05, 3.63) is 29.8 Å². The van der Waals surface area contributed by atoms with Gasteiger partial charge in [0, 0.05) is 25.0 Å². The quantitative estimate of drug-likeness (QED) is 0.617. The van der Waals surface area contributed by atoms with Gasteiger partial charge in [0.2, 0.25) is 0 Å². The average Bonchev–Trinajstić information content (AvgIpc) is 2.42. The first-order chi connectivity index (χ1) is 9.12. The Labute approximate surface area is 118 Å². The molecule has 0 saturated carbocycles. The summed E-state index contributed by atoms with van der Waals surface area (Å²) in [4.78, 5) is 12.6. The van der Waals surface area contributed by atoms with Gasteiger partial charge in [0.05, 0.1) is 12.8 Å². The molecule has 5 heteroatoms. The van der Waals surface area contributed by atoms with E-state index in [1.807, 2.05) is 25.1 Å². The van der Waals surface area contributed by atoms with E-state index in [1.165, 1.54) is 6.08 Å². The molecule has 0 amide bonds. The van der Waals surface area contributed by atoms with Gasteiger partial charge in [0.25, 0.3) is 0 Å². The SMILES string of the molecule is CCN(CCCl)c1ccc(C=CC(=O)O)cc1OC. The molecule has 0 unspecified atom stereocenters. The molecule has 0 atom stereocenters. The van der Waals surface area contributed by atoms with Gasteiger partial charge in [0.15, 0.2) is 0 Å². The maximum absolute atomic E-state index is 10.5. The normalized spacial score (nSPS) is 10.7. The number of nitrogens with zero attached hydrogens (tertiary/aromatic N) is 1. The van der Waals surface area contributed by atoms with Gasteiger partial charge in [-0.1, -0.05) is 6.07 Å². The van der Waals surface area contributed by atoms with Crippen LogP contribution in [0.4, 0.5) is 5.69 Å². The Balaban J connectivity index is 3.04. The lowest BCUT2D eigenvalue weighted by atomic mass is 10.1. The van der Waals surface area contributed by atoms with Gasteiger partial charge in [-0.2, -0.15) is 0 Å². The molecule has 0 bridgehead atoms. The highest BCUT2D eigenvalue weighted by atomic mass is 35.5. The fraction of sp³-hybridized carbons (Fsp3) is 0.357. The minimum atomic E-state index is -0.972. The second-order valence-corrected chi connectivity index (χ2v) is 4.25. The zero-order valence-electron chi connectivity index (χ0n) is 11.1. The van der Waals surface area contributed by atoms with Crippen molar-refractivity contribution in [2.45, 2.75) is 6.92 Å². The smallest absolute Gasteiger partial charge is 0.328 e. The largest absolute Gasteiger partial charge is 0.495 e. The van der Waals surface area contributed by atoms with Crippen molar-refractivity contribution >= 4 is 29.3 Å². The van der Waals surface area contributed by atoms with Crippen LogP contribution in [0.2, 0.25) is 0 Å². The van der Waals surface area contributed by atoms with Gasteiger partial charge in [-0.05, 0) is 30.7 Å². The minimum absolute atomic E-state index is 0.539. The van der Waals surface area contributed by atoms with Crippen LogP contribution < -0.4 is 9.64 Å². The Morgan fingerprint density at radius 3 is 2.79 bits per heavy atom. The highest BCUT2D eigenvalue weighted by Crippen LogP contribution is 2.29. The molecule has 104 valence electrons. The summed E-state index contributed by atoms with van der Waals surface area (Å²) in [5.74, 6) is 0.275. The molecule has 1 aromatic carbocycles. The van der Waals surface area contributed by atoms with E-state index < -0.39 is 5.97 Å². The molecule has 0 heterocycles. The monoisotopic (exact) mass is 283 g/mol. The Morgan fingerprint density at radius 1 is 1.53 bits per heavy atom. The molecule has 0 fully saturated rings. The maximum atomic E-state index is 10.5. The lowest BCUT2D eigenvalue weighted by molar-refractivity contribution is -0.131. The van der Waals surface area contributed by atoms with Crippen LogP contribution in [0, 0.1) is 0 Å². The molecule has 4 nitrogen and oxygen atoms in total. The van der Waals surface area contributed by atoms with Crippen molar-refractivity contribution < 1.29 is 14.6 Å². The van der Waals surface area contributed by atoms with E-state index in [0.717, 1.165) is 30.4 Å². The molecule has 0 aliphatic carbocycles. The van der Waals surface area contributed by atoms with Crippen molar-refractivity contribution in [2.24, 2.45) is 0 Å². The summed E-state index contributed by atoms with van der Waals surface area (Å²) in [5.41, 5.74) is 1.74. The maximum Gasteiger partial charge on any atom is 0.328 e. The molecular formula is C14H18ClNO3.